The number of carbonyl (C=O) groups is 1. The molecule has 0 saturated heterocycles. The van der Waals surface area contributed by atoms with Crippen LogP contribution >= 0.6 is 11.8 Å². The van der Waals surface area contributed by atoms with E-state index in [1.807, 2.05) is 25.3 Å². The number of rotatable bonds is 7. The summed E-state index contributed by atoms with van der Waals surface area (Å²) < 4.78 is 6.64. The van der Waals surface area contributed by atoms with Gasteiger partial charge in [0.05, 0.1) is 6.61 Å². The van der Waals surface area contributed by atoms with E-state index in [0.29, 0.717) is 13.0 Å². The van der Waals surface area contributed by atoms with Crippen molar-refractivity contribution in [1.82, 2.24) is 14.6 Å². The van der Waals surface area contributed by atoms with E-state index in [-0.39, 0.29) is 5.97 Å². The number of fused-ring (bicyclic) bond motifs is 1. The van der Waals surface area contributed by atoms with Crippen molar-refractivity contribution in [3.8, 4) is 0 Å². The Labute approximate surface area is 116 Å². The highest BCUT2D eigenvalue weighted by Gasteiger charge is 2.02. The number of aromatic nitrogens is 3. The maximum absolute atomic E-state index is 11.1. The minimum Gasteiger partial charge on any atom is -0.466 e. The van der Waals surface area contributed by atoms with Crippen LogP contribution in [0.2, 0.25) is 0 Å². The molecule has 0 amide bonds. The minimum absolute atomic E-state index is 0.106. The van der Waals surface area contributed by atoms with Crippen LogP contribution in [0.4, 0.5) is 0 Å². The first-order valence-electron chi connectivity index (χ1n) is 6.38. The van der Waals surface area contributed by atoms with Crippen LogP contribution < -0.4 is 0 Å². The maximum Gasteiger partial charge on any atom is 0.305 e. The fourth-order valence-corrected chi connectivity index (χ4v) is 2.52. The molecular weight excluding hydrogens is 262 g/mol. The summed E-state index contributed by atoms with van der Waals surface area (Å²) in [5.41, 5.74) is 0.853. The molecule has 0 spiro atoms. The quantitative estimate of drug-likeness (QED) is 0.443. The second kappa shape index (κ2) is 7.13. The number of hydrogen-bond acceptors (Lipinski definition) is 5. The summed E-state index contributed by atoms with van der Waals surface area (Å²) in [7, 11) is 0. The van der Waals surface area contributed by atoms with Crippen molar-refractivity contribution < 1.29 is 9.53 Å². The Hall–Kier alpha value is -1.56. The Balaban J connectivity index is 1.69. The van der Waals surface area contributed by atoms with Crippen molar-refractivity contribution in [2.75, 3.05) is 12.4 Å². The van der Waals surface area contributed by atoms with Crippen LogP contribution in [0.25, 0.3) is 5.65 Å². The highest BCUT2D eigenvalue weighted by molar-refractivity contribution is 7.99. The summed E-state index contributed by atoms with van der Waals surface area (Å²) in [5.74, 6) is 0.845. The van der Waals surface area contributed by atoms with E-state index in [4.69, 9.17) is 4.74 Å². The van der Waals surface area contributed by atoms with Gasteiger partial charge in [0.25, 0.3) is 0 Å². The number of ether oxygens (including phenoxy) is 1. The predicted octanol–water partition coefficient (Wildman–Crippen LogP) is 2.55. The molecule has 0 fully saturated rings. The predicted molar refractivity (Wildman–Crippen MR) is 74.2 cm³/mol. The zero-order valence-corrected chi connectivity index (χ0v) is 11.7. The lowest BCUT2D eigenvalue weighted by molar-refractivity contribution is -0.143. The van der Waals surface area contributed by atoms with Gasteiger partial charge < -0.3 is 4.74 Å². The number of imidazole rings is 1. The maximum atomic E-state index is 11.1. The van der Waals surface area contributed by atoms with E-state index >= 15 is 0 Å². The van der Waals surface area contributed by atoms with Crippen LogP contribution in [-0.4, -0.2) is 32.9 Å². The summed E-state index contributed by atoms with van der Waals surface area (Å²) in [6, 6.07) is 3.92. The lowest BCUT2D eigenvalue weighted by Crippen LogP contribution is -2.03. The van der Waals surface area contributed by atoms with Gasteiger partial charge in [-0.1, -0.05) is 0 Å². The first-order valence-corrected chi connectivity index (χ1v) is 7.37. The molecule has 0 atom stereocenters. The molecule has 2 heterocycles. The lowest BCUT2D eigenvalue weighted by atomic mass is 10.2. The molecular formula is C13H17N3O2S. The molecule has 0 radical (unpaired) electrons. The summed E-state index contributed by atoms with van der Waals surface area (Å²) >= 11 is 1.69. The molecule has 2 rings (SSSR count). The molecule has 0 aliphatic carbocycles. The Morgan fingerprint density at radius 1 is 1.42 bits per heavy atom. The van der Waals surface area contributed by atoms with E-state index < -0.39 is 0 Å². The number of unbranched alkanes of at least 4 members (excludes halogenated alkanes) is 1. The standard InChI is InChI=1S/C13H17N3O2S/c1-2-18-13(17)5-3-4-10-19-12-7-6-11-14-8-9-16(11)15-12/h6-9H,2-5,10H2,1H3. The normalized spacial score (nSPS) is 10.8. The van der Waals surface area contributed by atoms with E-state index in [1.165, 1.54) is 0 Å². The SMILES string of the molecule is CCOC(=O)CCCCSc1ccc2nccn2n1. The van der Waals surface area contributed by atoms with Gasteiger partial charge in [0.1, 0.15) is 5.03 Å². The fraction of sp³-hybridized carbons (Fsp3) is 0.462. The summed E-state index contributed by atoms with van der Waals surface area (Å²) in [6.07, 6.45) is 5.91. The van der Waals surface area contributed by atoms with Crippen LogP contribution in [0.1, 0.15) is 26.2 Å². The molecule has 2 aromatic rings. The van der Waals surface area contributed by atoms with Crippen LogP contribution in [0.5, 0.6) is 0 Å². The van der Waals surface area contributed by atoms with E-state index in [9.17, 15) is 4.79 Å². The van der Waals surface area contributed by atoms with Gasteiger partial charge in [0.15, 0.2) is 5.65 Å². The van der Waals surface area contributed by atoms with Crippen LogP contribution in [-0.2, 0) is 9.53 Å². The highest BCUT2D eigenvalue weighted by atomic mass is 32.2. The summed E-state index contributed by atoms with van der Waals surface area (Å²) in [4.78, 5) is 15.3. The van der Waals surface area contributed by atoms with Crippen LogP contribution in [0.3, 0.4) is 0 Å². The minimum atomic E-state index is -0.106. The second-order valence-corrected chi connectivity index (χ2v) is 5.13. The number of thioether (sulfide) groups is 1. The first kappa shape index (κ1) is 13.9. The third-order valence-electron chi connectivity index (χ3n) is 2.56. The summed E-state index contributed by atoms with van der Waals surface area (Å²) in [5, 5.41) is 5.40. The smallest absolute Gasteiger partial charge is 0.305 e. The van der Waals surface area contributed by atoms with Gasteiger partial charge in [-0.05, 0) is 37.7 Å². The van der Waals surface area contributed by atoms with Crippen molar-refractivity contribution >= 4 is 23.4 Å². The van der Waals surface area contributed by atoms with E-state index in [0.717, 1.165) is 29.3 Å². The Morgan fingerprint density at radius 2 is 2.32 bits per heavy atom. The van der Waals surface area contributed by atoms with Crippen molar-refractivity contribution in [3.05, 3.63) is 24.5 Å². The Bertz CT molecular complexity index is 541. The molecule has 0 N–H and O–H groups in total. The van der Waals surface area contributed by atoms with Gasteiger partial charge in [-0.25, -0.2) is 9.50 Å². The fourth-order valence-electron chi connectivity index (χ4n) is 1.66. The van der Waals surface area contributed by atoms with Crippen LogP contribution in [0, 0.1) is 0 Å². The molecule has 2 aromatic heterocycles. The molecule has 0 aromatic carbocycles. The van der Waals surface area contributed by atoms with Gasteiger partial charge >= 0.3 is 5.97 Å². The second-order valence-electron chi connectivity index (χ2n) is 4.01. The van der Waals surface area contributed by atoms with Crippen molar-refractivity contribution in [1.29, 1.82) is 0 Å². The third-order valence-corrected chi connectivity index (χ3v) is 3.57. The van der Waals surface area contributed by atoms with E-state index in [1.54, 1.807) is 22.5 Å². The third kappa shape index (κ3) is 4.24. The Kier molecular flexibility index (Phi) is 5.20. The van der Waals surface area contributed by atoms with E-state index in [2.05, 4.69) is 10.1 Å². The zero-order valence-electron chi connectivity index (χ0n) is 10.9. The monoisotopic (exact) mass is 279 g/mol. The average Bonchev–Trinajstić information content (AvgIpc) is 2.86. The molecule has 102 valence electrons. The van der Waals surface area contributed by atoms with Gasteiger partial charge in [-0.2, -0.15) is 5.10 Å². The zero-order chi connectivity index (χ0) is 13.5. The van der Waals surface area contributed by atoms with Crippen molar-refractivity contribution in [2.45, 2.75) is 31.2 Å². The number of nitrogens with zero attached hydrogens (tertiary/aromatic N) is 3. The molecule has 0 bridgehead atoms. The summed E-state index contributed by atoms with van der Waals surface area (Å²) in [6.45, 7) is 2.29. The number of esters is 1. The largest absolute Gasteiger partial charge is 0.466 e. The molecule has 5 nitrogen and oxygen atoms in total. The Morgan fingerprint density at radius 3 is 3.16 bits per heavy atom. The molecule has 0 saturated carbocycles. The first-order chi connectivity index (χ1) is 9.29. The lowest BCUT2D eigenvalue weighted by Gasteiger charge is -2.02. The number of hydrogen-bond donors (Lipinski definition) is 0. The topological polar surface area (TPSA) is 56.5 Å². The molecule has 0 unspecified atom stereocenters. The van der Waals surface area contributed by atoms with Crippen LogP contribution in [0.15, 0.2) is 29.6 Å². The molecule has 19 heavy (non-hydrogen) atoms. The molecule has 6 heteroatoms. The van der Waals surface area contributed by atoms with Gasteiger partial charge in [-0.3, -0.25) is 4.79 Å². The van der Waals surface area contributed by atoms with Crippen molar-refractivity contribution in [2.24, 2.45) is 0 Å². The molecule has 0 aliphatic rings. The van der Waals surface area contributed by atoms with Gasteiger partial charge in [0.2, 0.25) is 0 Å². The number of carbonyl (C=O) groups excluding carboxylic acids is 1. The highest BCUT2D eigenvalue weighted by Crippen LogP contribution is 2.17. The molecule has 0 aliphatic heterocycles. The average molecular weight is 279 g/mol. The van der Waals surface area contributed by atoms with Crippen molar-refractivity contribution in [3.63, 3.8) is 0 Å². The van der Waals surface area contributed by atoms with Gasteiger partial charge in [-0.15, -0.1) is 11.8 Å². The van der Waals surface area contributed by atoms with Gasteiger partial charge in [0, 0.05) is 18.8 Å².